The van der Waals surface area contributed by atoms with Crippen molar-refractivity contribution in [2.75, 3.05) is 0 Å². The molecule has 0 saturated heterocycles. The van der Waals surface area contributed by atoms with Crippen LogP contribution in [0.4, 0.5) is 0 Å². The first-order valence-electron chi connectivity index (χ1n) is 17.0. The zero-order valence-corrected chi connectivity index (χ0v) is 32.8. The van der Waals surface area contributed by atoms with Gasteiger partial charge in [0.15, 0.2) is 0 Å². The average molecular weight is 928 g/mol. The van der Waals surface area contributed by atoms with E-state index in [1.165, 1.54) is 81.4 Å². The molecule has 0 N–H and O–H groups in total. The summed E-state index contributed by atoms with van der Waals surface area (Å²) in [6.07, 6.45) is 0. The molecule has 8 bridgehead atoms. The first kappa shape index (κ1) is 30.5. The van der Waals surface area contributed by atoms with Crippen LogP contribution in [-0.2, 0) is 21.1 Å². The Hall–Kier alpha value is -4.95. The molecule has 250 valence electrons. The monoisotopic (exact) mass is 927 g/mol. The van der Waals surface area contributed by atoms with Crippen molar-refractivity contribution in [2.45, 2.75) is 0 Å². The van der Waals surface area contributed by atoms with Gasteiger partial charge in [-0.3, -0.25) is 0 Å². The van der Waals surface area contributed by atoms with E-state index in [1.807, 2.05) is 0 Å². The summed E-state index contributed by atoms with van der Waals surface area (Å²) in [4.78, 5) is 24.0. The van der Waals surface area contributed by atoms with Crippen molar-refractivity contribution >= 4 is 128 Å². The smallest absolute Gasteiger partial charge is 0.656 e. The molecular weight excluding hydrogens is 908 g/mol. The van der Waals surface area contributed by atoms with E-state index < -0.39 is 0 Å². The van der Waals surface area contributed by atoms with Crippen molar-refractivity contribution in [3.8, 4) is 43.7 Å². The Kier molecular flexibility index (Phi) is 6.36. The molecule has 13 rings (SSSR count). The molecule has 0 aliphatic carbocycles. The SMILES string of the molecule is [Pt+2].c1ccc2c3c(sc2c1)-c1cc2[n-]c(cc4nc(cc5[n-]c(cc-3n1)c1sc3ccccc3c51)-c1sc3ccccc3c1-4)c1sc3ccccc3c21. The summed E-state index contributed by atoms with van der Waals surface area (Å²) in [5.41, 5.74) is 9.92. The molecule has 0 amide bonds. The maximum atomic E-state index is 5.41. The third kappa shape index (κ3) is 4.18. The van der Waals surface area contributed by atoms with Crippen molar-refractivity contribution in [3.63, 3.8) is 0 Å². The second-order valence-corrected chi connectivity index (χ2v) is 17.5. The molecule has 9 heteroatoms. The van der Waals surface area contributed by atoms with Crippen LogP contribution < -0.4 is 9.97 Å². The van der Waals surface area contributed by atoms with Gasteiger partial charge in [0, 0.05) is 50.1 Å². The topological polar surface area (TPSA) is 54.0 Å². The Morgan fingerprint density at radius 2 is 0.736 bits per heavy atom. The molecule has 0 radical (unpaired) electrons. The minimum Gasteiger partial charge on any atom is -0.656 e. The maximum absolute atomic E-state index is 5.41. The number of hydrogen-bond donors (Lipinski definition) is 0. The standard InChI is InChI=1S/C44H20N4S4.Pt/c1-5-13-33-21(9-1)37-25-17-30-42-39(23-11-3-6-14-34(23)50-42)27(46-30)19-32-44-40(24-12-4-8-16-36(24)52-44)28(48-32)20-31-43-38(22-10-2-7-15-35(22)51-43)26(47-31)18-29(45-25)41(37)49-33;/h1-20H;/q-2;+2. The van der Waals surface area contributed by atoms with E-state index in [9.17, 15) is 0 Å². The molecule has 0 atom stereocenters. The molecule has 53 heavy (non-hydrogen) atoms. The molecule has 0 saturated carbocycles. The fraction of sp³-hybridized carbons (Fsp3) is 0. The molecule has 4 nitrogen and oxygen atoms in total. The van der Waals surface area contributed by atoms with E-state index in [-0.39, 0.29) is 21.1 Å². The van der Waals surface area contributed by atoms with Gasteiger partial charge in [-0.2, -0.15) is 0 Å². The Labute approximate surface area is 331 Å². The summed E-state index contributed by atoms with van der Waals surface area (Å²) in [5, 5.41) is 7.25. The van der Waals surface area contributed by atoms with E-state index in [0.29, 0.717) is 0 Å². The summed E-state index contributed by atoms with van der Waals surface area (Å²) in [6.45, 7) is 0. The Bertz CT molecular complexity index is 3320. The normalized spacial score (nSPS) is 12.4. The number of aromatic nitrogens is 4. The largest absolute Gasteiger partial charge is 2.00 e. The van der Waals surface area contributed by atoms with Crippen LogP contribution in [0.25, 0.3) is 126 Å². The van der Waals surface area contributed by atoms with Crippen molar-refractivity contribution in [1.29, 1.82) is 0 Å². The van der Waals surface area contributed by atoms with Crippen LogP contribution in [0, 0.1) is 0 Å². The van der Waals surface area contributed by atoms with Crippen LogP contribution in [-0.4, -0.2) is 9.97 Å². The Balaban J connectivity index is 0.00000315. The minimum absolute atomic E-state index is 0. The van der Waals surface area contributed by atoms with Crippen LogP contribution in [0.2, 0.25) is 0 Å². The third-order valence-corrected chi connectivity index (χ3v) is 15.2. The van der Waals surface area contributed by atoms with Gasteiger partial charge in [-0.25, -0.2) is 9.97 Å². The van der Waals surface area contributed by atoms with Gasteiger partial charge in [0.05, 0.1) is 32.5 Å². The predicted molar refractivity (Wildman–Crippen MR) is 224 cm³/mol. The number of hydrogen-bond acceptors (Lipinski definition) is 6. The minimum atomic E-state index is 0. The van der Waals surface area contributed by atoms with Crippen LogP contribution in [0.3, 0.4) is 0 Å². The fourth-order valence-electron chi connectivity index (χ4n) is 8.19. The number of rotatable bonds is 0. The summed E-state index contributed by atoms with van der Waals surface area (Å²) < 4.78 is 7.37. The number of fused-ring (bicyclic) bond motifs is 28. The third-order valence-electron chi connectivity index (χ3n) is 10.4. The van der Waals surface area contributed by atoms with E-state index in [1.54, 1.807) is 45.3 Å². The number of nitrogens with zero attached hydrogens (tertiary/aromatic N) is 4. The van der Waals surface area contributed by atoms with Gasteiger partial charge in [0.25, 0.3) is 0 Å². The maximum Gasteiger partial charge on any atom is 2.00 e. The van der Waals surface area contributed by atoms with E-state index in [4.69, 9.17) is 19.9 Å². The summed E-state index contributed by atoms with van der Waals surface area (Å²) >= 11 is 7.23. The molecule has 4 aromatic carbocycles. The zero-order valence-electron chi connectivity index (χ0n) is 27.3. The molecule has 0 spiro atoms. The zero-order chi connectivity index (χ0) is 33.7. The molecule has 9 heterocycles. The van der Waals surface area contributed by atoms with Gasteiger partial charge in [-0.15, -0.1) is 67.4 Å². The van der Waals surface area contributed by atoms with Crippen LogP contribution in [0.15, 0.2) is 121 Å². The molecule has 0 unspecified atom stereocenters. The van der Waals surface area contributed by atoms with Gasteiger partial charge in [0.1, 0.15) is 0 Å². The second kappa shape index (κ2) is 11.0. The Morgan fingerprint density at radius 3 is 1.17 bits per heavy atom. The summed E-state index contributed by atoms with van der Waals surface area (Å²) in [5.74, 6) is 0. The molecule has 7 aromatic heterocycles. The van der Waals surface area contributed by atoms with Crippen LogP contribution in [0.1, 0.15) is 0 Å². The summed E-state index contributed by atoms with van der Waals surface area (Å²) in [6, 6.07) is 43.6. The number of thiophene rings is 4. The van der Waals surface area contributed by atoms with Crippen molar-refractivity contribution in [1.82, 2.24) is 19.9 Å². The molecule has 11 aromatic rings. The number of benzene rings is 4. The van der Waals surface area contributed by atoms with Gasteiger partial charge < -0.3 is 9.97 Å². The van der Waals surface area contributed by atoms with Gasteiger partial charge >= 0.3 is 21.1 Å². The quantitative estimate of drug-likeness (QED) is 0.152. The molecule has 0 fully saturated rings. The fourth-order valence-corrected chi connectivity index (χ4v) is 12.9. The molecular formula is C44H20N4PtS4. The van der Waals surface area contributed by atoms with Crippen molar-refractivity contribution in [3.05, 3.63) is 121 Å². The Morgan fingerprint density at radius 1 is 0.377 bits per heavy atom. The van der Waals surface area contributed by atoms with E-state index >= 15 is 0 Å². The van der Waals surface area contributed by atoms with Crippen LogP contribution in [0.5, 0.6) is 0 Å². The van der Waals surface area contributed by atoms with E-state index in [0.717, 1.165) is 44.8 Å². The van der Waals surface area contributed by atoms with Crippen LogP contribution >= 0.6 is 45.3 Å². The van der Waals surface area contributed by atoms with Crippen molar-refractivity contribution < 1.29 is 21.1 Å². The van der Waals surface area contributed by atoms with Gasteiger partial charge in [-0.05, 0) is 70.1 Å². The van der Waals surface area contributed by atoms with Gasteiger partial charge in [-0.1, -0.05) is 72.8 Å². The first-order chi connectivity index (χ1) is 25.7. The molecule has 2 aliphatic rings. The van der Waals surface area contributed by atoms with E-state index in [2.05, 4.69) is 121 Å². The average Bonchev–Trinajstić information content (AvgIpc) is 4.02. The predicted octanol–water partition coefficient (Wildman–Crippen LogP) is 13.4. The second-order valence-electron chi connectivity index (χ2n) is 13.3. The molecule has 2 aliphatic heterocycles. The summed E-state index contributed by atoms with van der Waals surface area (Å²) in [7, 11) is 0. The van der Waals surface area contributed by atoms with Gasteiger partial charge in [0.2, 0.25) is 0 Å². The van der Waals surface area contributed by atoms with Crippen molar-refractivity contribution in [2.24, 2.45) is 0 Å². The first-order valence-corrected chi connectivity index (χ1v) is 20.3.